The van der Waals surface area contributed by atoms with E-state index < -0.39 is 5.91 Å². The molecule has 0 bridgehead atoms. The second-order valence-corrected chi connectivity index (χ2v) is 8.29. The number of aromatic nitrogens is 1. The van der Waals surface area contributed by atoms with E-state index in [-0.39, 0.29) is 23.7 Å². The van der Waals surface area contributed by atoms with Crippen LogP contribution in [0.4, 0.5) is 0 Å². The Morgan fingerprint density at radius 2 is 1.89 bits per heavy atom. The summed E-state index contributed by atoms with van der Waals surface area (Å²) < 4.78 is 0. The number of nitrogens with zero attached hydrogens (tertiary/aromatic N) is 3. The molecule has 1 aromatic rings. The molecule has 3 rings (SSSR count). The third-order valence-electron chi connectivity index (χ3n) is 5.45. The zero-order valence-electron chi connectivity index (χ0n) is 15.6. The van der Waals surface area contributed by atoms with Crippen LogP contribution in [-0.2, 0) is 9.59 Å². The number of likely N-dealkylation sites (tertiary alicyclic amines) is 2. The lowest BCUT2D eigenvalue weighted by Crippen LogP contribution is -2.48. The number of thiazole rings is 1. The van der Waals surface area contributed by atoms with Crippen LogP contribution >= 0.6 is 11.3 Å². The number of amides is 3. The standard InChI is InChI=1S/C19H26N4O3S/c1-3-15(24)23-8-4-5-14(11-23)19(26)22-9-6-13(7-10-22)18-21-12(2)16(27-18)17(20)25/h3,13-14H,1,4-11H2,2H3,(H2,20,25). The predicted molar refractivity (Wildman–Crippen MR) is 103 cm³/mol. The van der Waals surface area contributed by atoms with Crippen LogP contribution in [0.2, 0.25) is 0 Å². The molecule has 2 aliphatic rings. The van der Waals surface area contributed by atoms with E-state index in [0.717, 1.165) is 30.7 Å². The summed E-state index contributed by atoms with van der Waals surface area (Å²) in [6.07, 6.45) is 4.65. The lowest BCUT2D eigenvalue weighted by atomic mass is 9.93. The summed E-state index contributed by atoms with van der Waals surface area (Å²) >= 11 is 1.38. The minimum Gasteiger partial charge on any atom is -0.365 e. The van der Waals surface area contributed by atoms with Crippen molar-refractivity contribution in [2.24, 2.45) is 11.7 Å². The Bertz CT molecular complexity index is 752. The van der Waals surface area contributed by atoms with E-state index in [4.69, 9.17) is 5.73 Å². The molecule has 2 aliphatic heterocycles. The third-order valence-corrected chi connectivity index (χ3v) is 6.78. The van der Waals surface area contributed by atoms with Gasteiger partial charge in [-0.05, 0) is 38.7 Å². The van der Waals surface area contributed by atoms with Crippen molar-refractivity contribution in [3.8, 4) is 0 Å². The van der Waals surface area contributed by atoms with Gasteiger partial charge in [0.2, 0.25) is 11.8 Å². The number of rotatable bonds is 4. The fraction of sp³-hybridized carbons (Fsp3) is 0.579. The molecule has 0 radical (unpaired) electrons. The van der Waals surface area contributed by atoms with Crippen molar-refractivity contribution in [1.82, 2.24) is 14.8 Å². The first-order valence-electron chi connectivity index (χ1n) is 9.38. The highest BCUT2D eigenvalue weighted by molar-refractivity contribution is 7.13. The first-order valence-corrected chi connectivity index (χ1v) is 10.2. The van der Waals surface area contributed by atoms with E-state index in [1.165, 1.54) is 17.4 Å². The quantitative estimate of drug-likeness (QED) is 0.791. The van der Waals surface area contributed by atoms with Crippen molar-refractivity contribution in [1.29, 1.82) is 0 Å². The molecule has 146 valence electrons. The number of carbonyl (C=O) groups is 3. The number of carbonyl (C=O) groups excluding carboxylic acids is 3. The van der Waals surface area contributed by atoms with Gasteiger partial charge in [-0.2, -0.15) is 0 Å². The summed E-state index contributed by atoms with van der Waals surface area (Å²) in [4.78, 5) is 44.8. The third kappa shape index (κ3) is 4.21. The van der Waals surface area contributed by atoms with Gasteiger partial charge in [-0.3, -0.25) is 14.4 Å². The molecule has 1 aromatic heterocycles. The number of hydrogen-bond acceptors (Lipinski definition) is 5. The molecule has 0 spiro atoms. The van der Waals surface area contributed by atoms with Gasteiger partial charge in [0.15, 0.2) is 0 Å². The molecule has 2 N–H and O–H groups in total. The van der Waals surface area contributed by atoms with Crippen molar-refractivity contribution >= 4 is 29.1 Å². The lowest BCUT2D eigenvalue weighted by molar-refractivity contribution is -0.140. The number of piperidine rings is 2. The summed E-state index contributed by atoms with van der Waals surface area (Å²) in [5.41, 5.74) is 6.08. The fourth-order valence-electron chi connectivity index (χ4n) is 3.93. The Morgan fingerprint density at radius 3 is 2.48 bits per heavy atom. The molecule has 8 heteroatoms. The number of nitrogens with two attached hydrogens (primary N) is 1. The highest BCUT2D eigenvalue weighted by Crippen LogP contribution is 2.33. The minimum absolute atomic E-state index is 0.101. The zero-order valence-corrected chi connectivity index (χ0v) is 16.5. The monoisotopic (exact) mass is 390 g/mol. The summed E-state index contributed by atoms with van der Waals surface area (Å²) in [6, 6.07) is 0. The second kappa shape index (κ2) is 8.21. The molecule has 0 aliphatic carbocycles. The summed E-state index contributed by atoms with van der Waals surface area (Å²) in [6.45, 7) is 7.88. The van der Waals surface area contributed by atoms with Gasteiger partial charge in [0.25, 0.3) is 5.91 Å². The predicted octanol–water partition coefficient (Wildman–Crippen LogP) is 1.68. The fourth-order valence-corrected chi connectivity index (χ4v) is 5.02. The van der Waals surface area contributed by atoms with Gasteiger partial charge in [-0.25, -0.2) is 4.98 Å². The molecule has 2 fully saturated rings. The molecule has 1 atom stereocenters. The molecule has 0 aromatic carbocycles. The lowest BCUT2D eigenvalue weighted by Gasteiger charge is -2.37. The van der Waals surface area contributed by atoms with Gasteiger partial charge in [-0.15, -0.1) is 11.3 Å². The minimum atomic E-state index is -0.431. The summed E-state index contributed by atoms with van der Waals surface area (Å²) in [5.74, 6) is -0.252. The van der Waals surface area contributed by atoms with Crippen LogP contribution in [0.15, 0.2) is 12.7 Å². The molecular formula is C19H26N4O3S. The van der Waals surface area contributed by atoms with E-state index in [1.54, 1.807) is 11.8 Å². The van der Waals surface area contributed by atoms with E-state index >= 15 is 0 Å². The Labute approximate surface area is 163 Å². The Morgan fingerprint density at radius 1 is 1.19 bits per heavy atom. The topological polar surface area (TPSA) is 96.6 Å². The second-order valence-electron chi connectivity index (χ2n) is 7.26. The highest BCUT2D eigenvalue weighted by Gasteiger charge is 2.33. The number of primary amides is 1. The van der Waals surface area contributed by atoms with Gasteiger partial charge in [0, 0.05) is 32.1 Å². The average Bonchev–Trinajstić information content (AvgIpc) is 3.09. The normalized spacial score (nSPS) is 21.1. The van der Waals surface area contributed by atoms with Gasteiger partial charge < -0.3 is 15.5 Å². The van der Waals surface area contributed by atoms with Crippen molar-refractivity contribution < 1.29 is 14.4 Å². The van der Waals surface area contributed by atoms with Crippen LogP contribution in [0, 0.1) is 12.8 Å². The SMILES string of the molecule is C=CC(=O)N1CCCC(C(=O)N2CCC(c3nc(C)c(C(N)=O)s3)CC2)C1. The van der Waals surface area contributed by atoms with E-state index in [2.05, 4.69) is 11.6 Å². The molecule has 3 amide bonds. The maximum Gasteiger partial charge on any atom is 0.260 e. The van der Waals surface area contributed by atoms with E-state index in [9.17, 15) is 14.4 Å². The maximum absolute atomic E-state index is 12.9. The van der Waals surface area contributed by atoms with Crippen LogP contribution < -0.4 is 5.73 Å². The maximum atomic E-state index is 12.9. The van der Waals surface area contributed by atoms with E-state index in [1.807, 2.05) is 4.90 Å². The van der Waals surface area contributed by atoms with Crippen molar-refractivity contribution in [3.63, 3.8) is 0 Å². The van der Waals surface area contributed by atoms with Crippen molar-refractivity contribution in [2.75, 3.05) is 26.2 Å². The first kappa shape index (κ1) is 19.5. The van der Waals surface area contributed by atoms with Crippen molar-refractivity contribution in [3.05, 3.63) is 28.2 Å². The zero-order chi connectivity index (χ0) is 19.6. The van der Waals surface area contributed by atoms with Crippen LogP contribution in [0.25, 0.3) is 0 Å². The average molecular weight is 391 g/mol. The van der Waals surface area contributed by atoms with Crippen LogP contribution in [-0.4, -0.2) is 58.7 Å². The molecule has 0 saturated carbocycles. The Balaban J connectivity index is 1.58. The largest absolute Gasteiger partial charge is 0.365 e. The molecule has 2 saturated heterocycles. The van der Waals surface area contributed by atoms with Crippen LogP contribution in [0.5, 0.6) is 0 Å². The van der Waals surface area contributed by atoms with Gasteiger partial charge in [0.05, 0.1) is 16.6 Å². The van der Waals surface area contributed by atoms with Gasteiger partial charge >= 0.3 is 0 Å². The number of hydrogen-bond donors (Lipinski definition) is 1. The smallest absolute Gasteiger partial charge is 0.260 e. The Hall–Kier alpha value is -2.22. The molecule has 3 heterocycles. The Kier molecular flexibility index (Phi) is 5.94. The summed E-state index contributed by atoms with van der Waals surface area (Å²) in [7, 11) is 0. The first-order chi connectivity index (χ1) is 12.9. The number of aryl methyl sites for hydroxylation is 1. The van der Waals surface area contributed by atoms with Gasteiger partial charge in [0.1, 0.15) is 4.88 Å². The highest BCUT2D eigenvalue weighted by atomic mass is 32.1. The molecule has 1 unspecified atom stereocenters. The van der Waals surface area contributed by atoms with Crippen LogP contribution in [0.1, 0.15) is 52.0 Å². The molecule has 7 nitrogen and oxygen atoms in total. The molecular weight excluding hydrogens is 364 g/mol. The van der Waals surface area contributed by atoms with Crippen molar-refractivity contribution in [2.45, 2.75) is 38.5 Å². The van der Waals surface area contributed by atoms with Gasteiger partial charge in [-0.1, -0.05) is 6.58 Å². The molecule has 27 heavy (non-hydrogen) atoms. The van der Waals surface area contributed by atoms with E-state index in [0.29, 0.717) is 36.8 Å². The van der Waals surface area contributed by atoms with Crippen LogP contribution in [0.3, 0.4) is 0 Å². The summed E-state index contributed by atoms with van der Waals surface area (Å²) in [5, 5.41) is 0.939.